The Balaban J connectivity index is 0.000000810. The van der Waals surface area contributed by atoms with Crippen LogP contribution in [-0.4, -0.2) is 0 Å². The second-order valence-corrected chi connectivity index (χ2v) is 2.16. The van der Waals surface area contributed by atoms with Gasteiger partial charge in [-0.2, -0.15) is 0 Å². The van der Waals surface area contributed by atoms with Gasteiger partial charge < -0.3 is 0 Å². The minimum Gasteiger partial charge on any atom is -0.0807 e. The van der Waals surface area contributed by atoms with E-state index >= 15 is 0 Å². The first-order chi connectivity index (χ1) is 4.43. The van der Waals surface area contributed by atoms with Gasteiger partial charge in [0.1, 0.15) is 0 Å². The summed E-state index contributed by atoms with van der Waals surface area (Å²) in [5, 5.41) is 0. The molecule has 0 atom stereocenters. The average Bonchev–Trinajstić information content (AvgIpc) is 2.13. The molecule has 0 unspecified atom stereocenters. The van der Waals surface area contributed by atoms with Crippen LogP contribution in [0.1, 0.15) is 21.2 Å². The molecule has 50 valence electrons. The number of hydrogen-bond acceptors (Lipinski definition) is 0. The van der Waals surface area contributed by atoms with Gasteiger partial charge in [-0.05, 0) is 18.4 Å². The molecule has 9 heavy (non-hydrogen) atoms. The highest BCUT2D eigenvalue weighted by atomic mass is 13.9. The molecule has 0 nitrogen and oxygen atoms in total. The zero-order chi connectivity index (χ0) is 6.53. The molecule has 1 aliphatic carbocycles. The van der Waals surface area contributed by atoms with E-state index in [0.29, 0.717) is 0 Å². The van der Waals surface area contributed by atoms with Crippen molar-refractivity contribution in [2.75, 3.05) is 0 Å². The summed E-state index contributed by atoms with van der Waals surface area (Å²) in [5.74, 6) is 0. The molecular formula is C9H14. The monoisotopic (exact) mass is 122 g/mol. The van der Waals surface area contributed by atoms with E-state index in [0.717, 1.165) is 12.8 Å². The second-order valence-electron chi connectivity index (χ2n) is 2.16. The van der Waals surface area contributed by atoms with Gasteiger partial charge in [-0.3, -0.25) is 0 Å². The molecule has 0 saturated carbocycles. The van der Waals surface area contributed by atoms with Crippen LogP contribution in [0.2, 0.25) is 0 Å². The predicted octanol–water partition coefficient (Wildman–Crippen LogP) is 3.08. The maximum atomic E-state index is 2.19. The van der Waals surface area contributed by atoms with Crippen molar-refractivity contribution in [3.63, 3.8) is 0 Å². The Morgan fingerprint density at radius 1 is 1.56 bits per heavy atom. The largest absolute Gasteiger partial charge is 0.0807 e. The van der Waals surface area contributed by atoms with E-state index in [-0.39, 0.29) is 1.43 Å². The first kappa shape index (κ1) is 6.34. The molecule has 0 N–H and O–H groups in total. The SMILES string of the molecule is CCC1=CC=CCC=C1.[HH]. The summed E-state index contributed by atoms with van der Waals surface area (Å²) < 4.78 is 0. The van der Waals surface area contributed by atoms with Crippen molar-refractivity contribution < 1.29 is 1.43 Å². The van der Waals surface area contributed by atoms with Crippen LogP contribution in [0, 0.1) is 0 Å². The first-order valence-electron chi connectivity index (χ1n) is 3.45. The molecule has 0 aliphatic heterocycles. The molecule has 0 aromatic heterocycles. The van der Waals surface area contributed by atoms with Crippen molar-refractivity contribution in [3.05, 3.63) is 36.0 Å². The van der Waals surface area contributed by atoms with Crippen LogP contribution in [0.15, 0.2) is 36.0 Å². The summed E-state index contributed by atoms with van der Waals surface area (Å²) in [6, 6.07) is 0. The molecule has 0 heteroatoms. The fraction of sp³-hybridized carbons (Fsp3) is 0.333. The van der Waals surface area contributed by atoms with E-state index in [1.54, 1.807) is 0 Å². The van der Waals surface area contributed by atoms with E-state index in [9.17, 15) is 0 Å². The lowest BCUT2D eigenvalue weighted by Crippen LogP contribution is -1.69. The Hall–Kier alpha value is -0.780. The highest BCUT2D eigenvalue weighted by Gasteiger charge is 1.86. The van der Waals surface area contributed by atoms with Gasteiger partial charge in [0, 0.05) is 1.43 Å². The van der Waals surface area contributed by atoms with Crippen LogP contribution in [-0.2, 0) is 0 Å². The van der Waals surface area contributed by atoms with Crippen molar-refractivity contribution in [2.45, 2.75) is 19.8 Å². The van der Waals surface area contributed by atoms with Gasteiger partial charge >= 0.3 is 0 Å². The van der Waals surface area contributed by atoms with E-state index in [2.05, 4.69) is 37.3 Å². The zero-order valence-corrected chi connectivity index (χ0v) is 5.80. The molecule has 0 heterocycles. The van der Waals surface area contributed by atoms with Crippen LogP contribution < -0.4 is 0 Å². The lowest BCUT2D eigenvalue weighted by atomic mass is 10.2. The van der Waals surface area contributed by atoms with E-state index in [4.69, 9.17) is 0 Å². The predicted molar refractivity (Wildman–Crippen MR) is 43.4 cm³/mol. The van der Waals surface area contributed by atoms with Crippen LogP contribution in [0.4, 0.5) is 0 Å². The van der Waals surface area contributed by atoms with Gasteiger partial charge in [0.15, 0.2) is 0 Å². The molecule has 0 aromatic rings. The summed E-state index contributed by atoms with van der Waals surface area (Å²) >= 11 is 0. The molecule has 0 bridgehead atoms. The van der Waals surface area contributed by atoms with E-state index in [1.165, 1.54) is 5.57 Å². The maximum Gasteiger partial charge on any atom is 0 e. The molecule has 0 amide bonds. The lowest BCUT2D eigenvalue weighted by molar-refractivity contribution is 1.15. The number of rotatable bonds is 1. The van der Waals surface area contributed by atoms with Crippen molar-refractivity contribution in [2.24, 2.45) is 0 Å². The summed E-state index contributed by atoms with van der Waals surface area (Å²) in [6.45, 7) is 2.18. The molecule has 0 saturated heterocycles. The quantitative estimate of drug-likeness (QED) is 0.501. The van der Waals surface area contributed by atoms with Crippen molar-refractivity contribution >= 4 is 0 Å². The van der Waals surface area contributed by atoms with Crippen LogP contribution >= 0.6 is 0 Å². The zero-order valence-electron chi connectivity index (χ0n) is 5.80. The molecule has 0 radical (unpaired) electrons. The standard InChI is InChI=1S/C9H12.H2/c1-2-9-7-5-3-4-6-8-9;/h3,5-8H,2,4H2,1H3;1H. The van der Waals surface area contributed by atoms with Gasteiger partial charge in [0.25, 0.3) is 0 Å². The van der Waals surface area contributed by atoms with Gasteiger partial charge in [0.2, 0.25) is 0 Å². The molecule has 1 aliphatic rings. The lowest BCUT2D eigenvalue weighted by Gasteiger charge is -1.89. The molecule has 1 rings (SSSR count). The molecule has 0 spiro atoms. The van der Waals surface area contributed by atoms with Gasteiger partial charge in [0.05, 0.1) is 0 Å². The first-order valence-corrected chi connectivity index (χ1v) is 3.45. The van der Waals surface area contributed by atoms with E-state index < -0.39 is 0 Å². The Labute approximate surface area is 58.1 Å². The Kier molecular flexibility index (Phi) is 2.32. The van der Waals surface area contributed by atoms with Crippen LogP contribution in [0.5, 0.6) is 0 Å². The van der Waals surface area contributed by atoms with Crippen molar-refractivity contribution in [1.29, 1.82) is 0 Å². The van der Waals surface area contributed by atoms with Gasteiger partial charge in [-0.1, -0.05) is 37.3 Å². The second kappa shape index (κ2) is 3.29. The Morgan fingerprint density at radius 3 is 3.22 bits per heavy atom. The Morgan fingerprint density at radius 2 is 2.44 bits per heavy atom. The van der Waals surface area contributed by atoms with Crippen molar-refractivity contribution in [3.8, 4) is 0 Å². The fourth-order valence-corrected chi connectivity index (χ4v) is 0.859. The fourth-order valence-electron chi connectivity index (χ4n) is 0.859. The molecular weight excluding hydrogens is 108 g/mol. The summed E-state index contributed by atoms with van der Waals surface area (Å²) in [4.78, 5) is 0. The average molecular weight is 122 g/mol. The highest BCUT2D eigenvalue weighted by Crippen LogP contribution is 2.06. The molecule has 0 fully saturated rings. The Bertz CT molecular complexity index is 164. The number of allylic oxidation sites excluding steroid dienone is 6. The van der Waals surface area contributed by atoms with E-state index in [1.807, 2.05) is 0 Å². The minimum atomic E-state index is 0. The third kappa shape index (κ3) is 1.88. The van der Waals surface area contributed by atoms with Gasteiger partial charge in [-0.15, -0.1) is 0 Å². The van der Waals surface area contributed by atoms with Crippen molar-refractivity contribution in [1.82, 2.24) is 0 Å². The van der Waals surface area contributed by atoms with Gasteiger partial charge in [-0.25, -0.2) is 0 Å². The minimum absolute atomic E-state index is 0. The molecule has 0 aromatic carbocycles. The maximum absolute atomic E-state index is 2.19. The highest BCUT2D eigenvalue weighted by molar-refractivity contribution is 5.26. The summed E-state index contributed by atoms with van der Waals surface area (Å²) in [5.41, 5.74) is 1.42. The normalized spacial score (nSPS) is 17.2. The smallest absolute Gasteiger partial charge is 0 e. The third-order valence-corrected chi connectivity index (χ3v) is 1.46. The number of hydrogen-bond donors (Lipinski definition) is 0. The van der Waals surface area contributed by atoms with Crippen LogP contribution in [0.3, 0.4) is 0 Å². The van der Waals surface area contributed by atoms with Crippen LogP contribution in [0.25, 0.3) is 0 Å². The third-order valence-electron chi connectivity index (χ3n) is 1.46. The summed E-state index contributed by atoms with van der Waals surface area (Å²) in [6.07, 6.45) is 13.1. The summed E-state index contributed by atoms with van der Waals surface area (Å²) in [7, 11) is 0. The topological polar surface area (TPSA) is 0 Å².